The van der Waals surface area contributed by atoms with E-state index in [9.17, 15) is 4.79 Å². The van der Waals surface area contributed by atoms with Gasteiger partial charge >= 0.3 is 0 Å². The van der Waals surface area contributed by atoms with Gasteiger partial charge in [0.05, 0.1) is 5.75 Å². The summed E-state index contributed by atoms with van der Waals surface area (Å²) in [5.74, 6) is 1.16. The van der Waals surface area contributed by atoms with E-state index in [4.69, 9.17) is 0 Å². The number of carbonyl (C=O) groups excluding carboxylic acids is 1. The predicted molar refractivity (Wildman–Crippen MR) is 88.2 cm³/mol. The molecule has 0 aliphatic heterocycles. The van der Waals surface area contributed by atoms with Crippen LogP contribution in [0, 0.1) is 0 Å². The lowest BCUT2D eigenvalue weighted by Gasteiger charge is -2.17. The lowest BCUT2D eigenvalue weighted by atomic mass is 10.2. The van der Waals surface area contributed by atoms with E-state index in [1.807, 2.05) is 38.1 Å². The highest BCUT2D eigenvalue weighted by molar-refractivity contribution is 9.10. The molecule has 0 bridgehead atoms. The van der Waals surface area contributed by atoms with Gasteiger partial charge < -0.3 is 4.90 Å². The van der Waals surface area contributed by atoms with Crippen molar-refractivity contribution < 1.29 is 4.79 Å². The molecule has 1 aromatic heterocycles. The van der Waals surface area contributed by atoms with Crippen molar-refractivity contribution in [3.8, 4) is 11.4 Å². The van der Waals surface area contributed by atoms with Gasteiger partial charge in [0.1, 0.15) is 0 Å². The van der Waals surface area contributed by atoms with Gasteiger partial charge in [0.2, 0.25) is 11.1 Å². The van der Waals surface area contributed by atoms with Crippen LogP contribution >= 0.6 is 27.7 Å². The lowest BCUT2D eigenvalue weighted by Crippen LogP contribution is -2.31. The van der Waals surface area contributed by atoms with E-state index in [1.165, 1.54) is 11.8 Å². The predicted octanol–water partition coefficient (Wildman–Crippen LogP) is 3.19. The molecule has 0 spiro atoms. The van der Waals surface area contributed by atoms with Gasteiger partial charge in [-0.2, -0.15) is 0 Å². The van der Waals surface area contributed by atoms with Crippen molar-refractivity contribution >= 4 is 33.6 Å². The second-order valence-corrected chi connectivity index (χ2v) is 6.10. The zero-order chi connectivity index (χ0) is 15.2. The number of aromatic nitrogens is 3. The van der Waals surface area contributed by atoms with Crippen molar-refractivity contribution in [1.82, 2.24) is 20.1 Å². The first kappa shape index (κ1) is 16.0. The summed E-state index contributed by atoms with van der Waals surface area (Å²) in [6.45, 7) is 5.41. The number of hydrogen-bond acceptors (Lipinski definition) is 4. The van der Waals surface area contributed by atoms with Crippen LogP contribution in [0.15, 0.2) is 33.9 Å². The number of amides is 1. The fourth-order valence-corrected chi connectivity index (χ4v) is 3.05. The summed E-state index contributed by atoms with van der Waals surface area (Å²) in [4.78, 5) is 18.2. The zero-order valence-corrected chi connectivity index (χ0v) is 14.4. The van der Waals surface area contributed by atoms with E-state index in [0.29, 0.717) is 16.7 Å². The molecule has 0 aliphatic carbocycles. The minimum Gasteiger partial charge on any atom is -0.343 e. The molecule has 2 aromatic rings. The lowest BCUT2D eigenvalue weighted by molar-refractivity contribution is -0.127. The van der Waals surface area contributed by atoms with Gasteiger partial charge in [-0.15, -0.1) is 5.10 Å². The quantitative estimate of drug-likeness (QED) is 0.795. The number of carbonyl (C=O) groups is 1. The fourth-order valence-electron chi connectivity index (χ4n) is 1.88. The molecule has 112 valence electrons. The second-order valence-electron chi connectivity index (χ2n) is 4.30. The first-order valence-electron chi connectivity index (χ1n) is 6.73. The van der Waals surface area contributed by atoms with Crippen molar-refractivity contribution in [2.45, 2.75) is 19.0 Å². The Bertz CT molecular complexity index is 613. The molecule has 0 radical (unpaired) electrons. The molecule has 0 atom stereocenters. The molecule has 5 nitrogen and oxygen atoms in total. The largest absolute Gasteiger partial charge is 0.343 e. The van der Waals surface area contributed by atoms with Crippen LogP contribution in [0.5, 0.6) is 0 Å². The average Bonchev–Trinajstić information content (AvgIpc) is 2.95. The molecule has 1 N–H and O–H groups in total. The number of nitrogens with zero attached hydrogens (tertiary/aromatic N) is 3. The maximum Gasteiger partial charge on any atom is 0.233 e. The van der Waals surface area contributed by atoms with Crippen LogP contribution in [0.25, 0.3) is 11.4 Å². The van der Waals surface area contributed by atoms with Crippen LogP contribution in [0.3, 0.4) is 0 Å². The summed E-state index contributed by atoms with van der Waals surface area (Å²) >= 11 is 4.84. The third-order valence-corrected chi connectivity index (χ3v) is 4.56. The van der Waals surface area contributed by atoms with E-state index in [0.717, 1.165) is 23.1 Å². The van der Waals surface area contributed by atoms with Crippen molar-refractivity contribution in [2.75, 3.05) is 18.8 Å². The van der Waals surface area contributed by atoms with Crippen LogP contribution in [0.2, 0.25) is 0 Å². The molecule has 2 rings (SSSR count). The topological polar surface area (TPSA) is 61.9 Å². The van der Waals surface area contributed by atoms with Gasteiger partial charge in [0.15, 0.2) is 5.82 Å². The number of H-pyrrole nitrogens is 1. The number of halogens is 1. The first-order chi connectivity index (χ1) is 10.2. The monoisotopic (exact) mass is 368 g/mol. The van der Waals surface area contributed by atoms with Gasteiger partial charge in [0.25, 0.3) is 0 Å². The molecular formula is C14H17BrN4OS. The molecule has 7 heteroatoms. The SMILES string of the molecule is CCN(CC)C(=O)CSc1n[nH]c(-c2ccccc2Br)n1. The van der Waals surface area contributed by atoms with E-state index in [-0.39, 0.29) is 5.91 Å². The smallest absolute Gasteiger partial charge is 0.233 e. The second kappa shape index (κ2) is 7.61. The fraction of sp³-hybridized carbons (Fsp3) is 0.357. The van der Waals surface area contributed by atoms with Crippen molar-refractivity contribution in [1.29, 1.82) is 0 Å². The van der Waals surface area contributed by atoms with Crippen LogP contribution < -0.4 is 0 Å². The maximum absolute atomic E-state index is 11.9. The van der Waals surface area contributed by atoms with Crippen molar-refractivity contribution in [3.05, 3.63) is 28.7 Å². The standard InChI is InChI=1S/C14H17BrN4OS/c1-3-19(4-2)12(20)9-21-14-16-13(17-18-14)10-7-5-6-8-11(10)15/h5-8H,3-4,9H2,1-2H3,(H,16,17,18). The van der Waals surface area contributed by atoms with Gasteiger partial charge in [-0.3, -0.25) is 9.89 Å². The highest BCUT2D eigenvalue weighted by atomic mass is 79.9. The summed E-state index contributed by atoms with van der Waals surface area (Å²) in [6, 6.07) is 7.80. The van der Waals surface area contributed by atoms with Gasteiger partial charge in [-0.1, -0.05) is 45.9 Å². The third-order valence-electron chi connectivity index (χ3n) is 3.03. The average molecular weight is 369 g/mol. The van der Waals surface area contributed by atoms with Gasteiger partial charge in [-0.25, -0.2) is 4.98 Å². The summed E-state index contributed by atoms with van der Waals surface area (Å²) < 4.78 is 0.955. The maximum atomic E-state index is 11.9. The molecule has 0 saturated carbocycles. The zero-order valence-electron chi connectivity index (χ0n) is 12.0. The Morgan fingerprint density at radius 1 is 1.33 bits per heavy atom. The molecular weight excluding hydrogens is 352 g/mol. The molecule has 1 amide bonds. The Hall–Kier alpha value is -1.34. The number of hydrogen-bond donors (Lipinski definition) is 1. The van der Waals surface area contributed by atoms with Gasteiger partial charge in [-0.05, 0) is 19.9 Å². The summed E-state index contributed by atoms with van der Waals surface area (Å²) in [5, 5.41) is 7.64. The summed E-state index contributed by atoms with van der Waals surface area (Å²) in [7, 11) is 0. The molecule has 1 heterocycles. The molecule has 0 unspecified atom stereocenters. The number of aromatic amines is 1. The number of nitrogens with one attached hydrogen (secondary N) is 1. The number of benzene rings is 1. The van der Waals surface area contributed by atoms with Crippen LogP contribution in [-0.4, -0.2) is 44.8 Å². The highest BCUT2D eigenvalue weighted by Crippen LogP contribution is 2.26. The summed E-state index contributed by atoms with van der Waals surface area (Å²) in [5.41, 5.74) is 0.951. The Kier molecular flexibility index (Phi) is 5.81. The molecule has 0 aliphatic rings. The Morgan fingerprint density at radius 2 is 2.05 bits per heavy atom. The Balaban J connectivity index is 2.01. The third kappa shape index (κ3) is 4.07. The normalized spacial score (nSPS) is 10.6. The molecule has 0 saturated heterocycles. The minimum atomic E-state index is 0.109. The van der Waals surface area contributed by atoms with E-state index in [2.05, 4.69) is 31.1 Å². The van der Waals surface area contributed by atoms with E-state index < -0.39 is 0 Å². The van der Waals surface area contributed by atoms with Crippen molar-refractivity contribution in [3.63, 3.8) is 0 Å². The van der Waals surface area contributed by atoms with Gasteiger partial charge in [0, 0.05) is 23.1 Å². The molecule has 1 aromatic carbocycles. The first-order valence-corrected chi connectivity index (χ1v) is 8.51. The molecule has 0 fully saturated rings. The Morgan fingerprint density at radius 3 is 2.71 bits per heavy atom. The summed E-state index contributed by atoms with van der Waals surface area (Å²) in [6.07, 6.45) is 0. The minimum absolute atomic E-state index is 0.109. The molecule has 21 heavy (non-hydrogen) atoms. The highest BCUT2D eigenvalue weighted by Gasteiger charge is 2.13. The van der Waals surface area contributed by atoms with Crippen LogP contribution in [-0.2, 0) is 4.79 Å². The van der Waals surface area contributed by atoms with E-state index >= 15 is 0 Å². The number of rotatable bonds is 6. The van der Waals surface area contributed by atoms with Crippen LogP contribution in [0.4, 0.5) is 0 Å². The van der Waals surface area contributed by atoms with Crippen molar-refractivity contribution in [2.24, 2.45) is 0 Å². The number of thioether (sulfide) groups is 1. The van der Waals surface area contributed by atoms with E-state index in [1.54, 1.807) is 4.90 Å². The van der Waals surface area contributed by atoms with Crippen LogP contribution in [0.1, 0.15) is 13.8 Å². The Labute approximate surface area is 136 Å².